The highest BCUT2D eigenvalue weighted by atomic mass is 16.4. The Kier molecular flexibility index (Phi) is 11.2. The molecule has 0 bridgehead atoms. The fourth-order valence-corrected chi connectivity index (χ4v) is 1.19. The molecule has 0 atom stereocenters. The van der Waals surface area contributed by atoms with Gasteiger partial charge in [0.15, 0.2) is 0 Å². The Balaban J connectivity index is 0. The Morgan fingerprint density at radius 2 is 1.47 bits per heavy atom. The third-order valence-corrected chi connectivity index (χ3v) is 1.93. The van der Waals surface area contributed by atoms with E-state index >= 15 is 0 Å². The van der Waals surface area contributed by atoms with E-state index in [-0.39, 0.29) is 0 Å². The Morgan fingerprint density at radius 3 is 1.80 bits per heavy atom. The van der Waals surface area contributed by atoms with Crippen molar-refractivity contribution in [2.24, 2.45) is 0 Å². The highest BCUT2D eigenvalue weighted by Crippen LogP contribution is 2.04. The molecule has 0 aliphatic carbocycles. The van der Waals surface area contributed by atoms with Gasteiger partial charge in [-0.25, -0.2) is 0 Å². The van der Waals surface area contributed by atoms with Crippen molar-refractivity contribution in [3.8, 4) is 0 Å². The fourth-order valence-electron chi connectivity index (χ4n) is 1.19. The lowest BCUT2D eigenvalue weighted by molar-refractivity contribution is -0.870. The summed E-state index contributed by atoms with van der Waals surface area (Å²) in [5.41, 5.74) is 0. The van der Waals surface area contributed by atoms with E-state index in [0.717, 1.165) is 11.4 Å². The maximum atomic E-state index is 8.89. The first-order chi connectivity index (χ1) is 6.79. The Hall–Kier alpha value is -0.570. The summed E-state index contributed by atoms with van der Waals surface area (Å²) < 4.78 is 1.12. The zero-order valence-corrected chi connectivity index (χ0v) is 11.0. The van der Waals surface area contributed by atoms with Crippen LogP contribution in [-0.2, 0) is 4.79 Å². The van der Waals surface area contributed by atoms with Gasteiger partial charge in [0.2, 0.25) is 0 Å². The summed E-state index contributed by atoms with van der Waals surface area (Å²) in [4.78, 5) is 8.89. The molecule has 0 N–H and O–H groups in total. The number of unbranched alkanes of at least 4 members (excludes halogenated alkanes) is 4. The van der Waals surface area contributed by atoms with Gasteiger partial charge in [0.05, 0.1) is 27.7 Å². The van der Waals surface area contributed by atoms with E-state index in [0.29, 0.717) is 0 Å². The highest BCUT2D eigenvalue weighted by Gasteiger charge is 2.04. The fraction of sp³-hybridized carbons (Fsp3) is 0.917. The van der Waals surface area contributed by atoms with E-state index in [4.69, 9.17) is 9.90 Å². The van der Waals surface area contributed by atoms with E-state index in [9.17, 15) is 0 Å². The largest absolute Gasteiger partial charge is 0.550 e. The number of carbonyl (C=O) groups excluding carboxylic acids is 1. The van der Waals surface area contributed by atoms with Gasteiger partial charge in [-0.3, -0.25) is 0 Å². The SMILES string of the molecule is CC(=O)[O-].CCCCCCC[N+](C)(C)C. The van der Waals surface area contributed by atoms with Crippen molar-refractivity contribution >= 4 is 5.97 Å². The molecule has 0 aliphatic heterocycles. The van der Waals surface area contributed by atoms with Crippen LogP contribution in [0.4, 0.5) is 0 Å². The molecule has 0 amide bonds. The van der Waals surface area contributed by atoms with Crippen molar-refractivity contribution in [2.75, 3.05) is 27.7 Å². The van der Waals surface area contributed by atoms with Gasteiger partial charge in [0.25, 0.3) is 0 Å². The average molecular weight is 217 g/mol. The minimum atomic E-state index is -1.08. The van der Waals surface area contributed by atoms with E-state index in [1.54, 1.807) is 0 Å². The molecule has 0 radical (unpaired) electrons. The molecule has 0 rings (SSSR count). The van der Waals surface area contributed by atoms with Crippen LogP contribution in [0.1, 0.15) is 46.0 Å². The minimum absolute atomic E-state index is 0.972. The van der Waals surface area contributed by atoms with Gasteiger partial charge in [-0.2, -0.15) is 0 Å². The van der Waals surface area contributed by atoms with Crippen LogP contribution >= 0.6 is 0 Å². The molecule has 0 saturated heterocycles. The minimum Gasteiger partial charge on any atom is -0.550 e. The van der Waals surface area contributed by atoms with Gasteiger partial charge >= 0.3 is 0 Å². The number of carbonyl (C=O) groups is 1. The van der Waals surface area contributed by atoms with E-state index < -0.39 is 5.97 Å². The molecule has 0 spiro atoms. The molecule has 15 heavy (non-hydrogen) atoms. The van der Waals surface area contributed by atoms with Crippen molar-refractivity contribution in [1.82, 2.24) is 0 Å². The van der Waals surface area contributed by atoms with E-state index in [2.05, 4.69) is 28.1 Å². The molecular weight excluding hydrogens is 190 g/mol. The van der Waals surface area contributed by atoms with Gasteiger partial charge in [-0.1, -0.05) is 26.2 Å². The summed E-state index contributed by atoms with van der Waals surface area (Å²) in [5, 5.41) is 8.89. The van der Waals surface area contributed by atoms with Gasteiger partial charge < -0.3 is 14.4 Å². The number of nitrogens with zero attached hydrogens (tertiary/aromatic N) is 1. The summed E-state index contributed by atoms with van der Waals surface area (Å²) >= 11 is 0. The van der Waals surface area contributed by atoms with Crippen molar-refractivity contribution in [3.63, 3.8) is 0 Å². The van der Waals surface area contributed by atoms with Crippen LogP contribution in [0.3, 0.4) is 0 Å². The summed E-state index contributed by atoms with van der Waals surface area (Å²) in [6.07, 6.45) is 7.00. The van der Waals surface area contributed by atoms with E-state index in [1.165, 1.54) is 38.6 Å². The highest BCUT2D eigenvalue weighted by molar-refractivity contribution is 5.60. The molecule has 92 valence electrons. The lowest BCUT2D eigenvalue weighted by Crippen LogP contribution is -2.35. The molecule has 3 nitrogen and oxygen atoms in total. The predicted octanol–water partition coefficient (Wildman–Crippen LogP) is 1.42. The van der Waals surface area contributed by atoms with Crippen molar-refractivity contribution < 1.29 is 14.4 Å². The number of hydrogen-bond donors (Lipinski definition) is 0. The lowest BCUT2D eigenvalue weighted by Gasteiger charge is -2.23. The standard InChI is InChI=1S/C10H24N.C2H4O2/c1-5-6-7-8-9-10-11(2,3)4;1-2(3)4/h5-10H2,1-4H3;1H3,(H,3,4)/q+1;/p-1. The summed E-state index contributed by atoms with van der Waals surface area (Å²) in [5.74, 6) is -1.08. The predicted molar refractivity (Wildman–Crippen MR) is 62.3 cm³/mol. The third-order valence-electron chi connectivity index (χ3n) is 1.93. The molecule has 0 fully saturated rings. The van der Waals surface area contributed by atoms with Crippen LogP contribution in [0.2, 0.25) is 0 Å². The van der Waals surface area contributed by atoms with Crippen molar-refractivity contribution in [1.29, 1.82) is 0 Å². The average Bonchev–Trinajstić information content (AvgIpc) is 2.01. The topological polar surface area (TPSA) is 40.1 Å². The molecule has 0 aromatic heterocycles. The second kappa shape index (κ2) is 9.97. The molecule has 0 aromatic rings. The second-order valence-corrected chi connectivity index (χ2v) is 4.92. The Labute approximate surface area is 94.7 Å². The molecule has 0 aromatic carbocycles. The van der Waals surface area contributed by atoms with Crippen LogP contribution in [0.25, 0.3) is 0 Å². The second-order valence-electron chi connectivity index (χ2n) is 4.92. The molecular formula is C12H27NO2. The monoisotopic (exact) mass is 217 g/mol. The molecule has 0 aliphatic rings. The van der Waals surface area contributed by atoms with Gasteiger partial charge in [0.1, 0.15) is 0 Å². The van der Waals surface area contributed by atoms with Gasteiger partial charge in [0, 0.05) is 5.97 Å². The Bertz CT molecular complexity index is 146. The summed E-state index contributed by atoms with van der Waals surface area (Å²) in [6, 6.07) is 0. The zero-order valence-electron chi connectivity index (χ0n) is 11.0. The first kappa shape index (κ1) is 16.8. The molecule has 0 saturated carbocycles. The smallest absolute Gasteiger partial charge is 0.0780 e. The third kappa shape index (κ3) is 31.8. The van der Waals surface area contributed by atoms with Gasteiger partial charge in [-0.05, 0) is 19.8 Å². The van der Waals surface area contributed by atoms with Crippen LogP contribution in [0, 0.1) is 0 Å². The quantitative estimate of drug-likeness (QED) is 0.498. The number of aliphatic carboxylic acids is 1. The molecule has 0 heterocycles. The van der Waals surface area contributed by atoms with Crippen LogP contribution in [-0.4, -0.2) is 38.1 Å². The zero-order chi connectivity index (χ0) is 12.3. The summed E-state index contributed by atoms with van der Waals surface area (Å²) in [7, 11) is 6.79. The van der Waals surface area contributed by atoms with Crippen LogP contribution in [0.5, 0.6) is 0 Å². The number of quaternary nitrogens is 1. The molecule has 3 heteroatoms. The van der Waals surface area contributed by atoms with Crippen molar-refractivity contribution in [2.45, 2.75) is 46.0 Å². The number of rotatable bonds is 6. The number of hydrogen-bond acceptors (Lipinski definition) is 2. The van der Waals surface area contributed by atoms with E-state index in [1.807, 2.05) is 0 Å². The van der Waals surface area contributed by atoms with Crippen molar-refractivity contribution in [3.05, 3.63) is 0 Å². The number of carboxylic acid groups (broad SMARTS) is 1. The maximum absolute atomic E-state index is 8.89. The van der Waals surface area contributed by atoms with Crippen LogP contribution < -0.4 is 5.11 Å². The summed E-state index contributed by atoms with van der Waals surface area (Å²) in [6.45, 7) is 4.56. The maximum Gasteiger partial charge on any atom is 0.0780 e. The normalized spacial score (nSPS) is 10.5. The number of carboxylic acids is 1. The van der Waals surface area contributed by atoms with Crippen LogP contribution in [0.15, 0.2) is 0 Å². The van der Waals surface area contributed by atoms with Gasteiger partial charge in [-0.15, -0.1) is 0 Å². The first-order valence-electron chi connectivity index (χ1n) is 5.77. The first-order valence-corrected chi connectivity index (χ1v) is 5.77. The Morgan fingerprint density at radius 1 is 1.07 bits per heavy atom. The molecule has 0 unspecified atom stereocenters. The lowest BCUT2D eigenvalue weighted by atomic mass is 10.1.